The molecular weight excluding hydrogens is 230 g/mol. The minimum absolute atomic E-state index is 0.127. The van der Waals surface area contributed by atoms with Crippen LogP contribution in [0.15, 0.2) is 0 Å². The van der Waals surface area contributed by atoms with Gasteiger partial charge in [0, 0.05) is 27.1 Å². The first kappa shape index (κ1) is 15.2. The van der Waals surface area contributed by atoms with Crippen LogP contribution in [0.25, 0.3) is 0 Å². The van der Waals surface area contributed by atoms with E-state index >= 15 is 0 Å². The molecule has 0 heterocycles. The fourth-order valence-corrected chi connectivity index (χ4v) is 0.965. The van der Waals surface area contributed by atoms with Crippen LogP contribution in [-0.2, 0) is 14.3 Å². The standard InChI is InChI=1S/C9H17N3O5/c1-10-7(13)3-4-11-9(16)12-6(5-17-2)8(14)15/h6H,3-5H2,1-2H3,(H,10,13)(H,14,15)(H2,11,12,16). The maximum Gasteiger partial charge on any atom is 0.328 e. The summed E-state index contributed by atoms with van der Waals surface area (Å²) in [5, 5.41) is 15.7. The molecule has 1 atom stereocenters. The largest absolute Gasteiger partial charge is 0.480 e. The molecule has 0 aromatic heterocycles. The van der Waals surface area contributed by atoms with Crippen molar-refractivity contribution < 1.29 is 24.2 Å². The number of aliphatic carboxylic acids is 1. The molecule has 0 rings (SSSR count). The number of carboxylic acids is 1. The van der Waals surface area contributed by atoms with Gasteiger partial charge in [-0.2, -0.15) is 0 Å². The van der Waals surface area contributed by atoms with Gasteiger partial charge >= 0.3 is 12.0 Å². The Balaban J connectivity index is 3.90. The van der Waals surface area contributed by atoms with E-state index in [2.05, 4.69) is 20.7 Å². The van der Waals surface area contributed by atoms with Gasteiger partial charge in [-0.05, 0) is 0 Å². The van der Waals surface area contributed by atoms with E-state index < -0.39 is 18.0 Å². The van der Waals surface area contributed by atoms with E-state index in [1.165, 1.54) is 14.2 Å². The van der Waals surface area contributed by atoms with Crippen molar-refractivity contribution in [2.45, 2.75) is 12.5 Å². The molecule has 0 spiro atoms. The Bertz CT molecular complexity index is 282. The Kier molecular flexibility index (Phi) is 7.44. The molecule has 0 aliphatic carbocycles. The summed E-state index contributed by atoms with van der Waals surface area (Å²) in [6.45, 7) is 0.00300. The van der Waals surface area contributed by atoms with Crippen LogP contribution in [0, 0.1) is 0 Å². The molecule has 8 heteroatoms. The van der Waals surface area contributed by atoms with Crippen molar-refractivity contribution in [1.82, 2.24) is 16.0 Å². The van der Waals surface area contributed by atoms with Gasteiger partial charge < -0.3 is 25.8 Å². The van der Waals surface area contributed by atoms with Gasteiger partial charge in [-0.15, -0.1) is 0 Å². The van der Waals surface area contributed by atoms with Gasteiger partial charge in [0.1, 0.15) is 0 Å². The molecule has 0 radical (unpaired) electrons. The summed E-state index contributed by atoms with van der Waals surface area (Å²) in [6.07, 6.45) is 0.131. The van der Waals surface area contributed by atoms with Crippen molar-refractivity contribution in [3.05, 3.63) is 0 Å². The number of carboxylic acid groups (broad SMARTS) is 1. The number of methoxy groups -OCH3 is 1. The highest BCUT2D eigenvalue weighted by Gasteiger charge is 2.19. The summed E-state index contributed by atoms with van der Waals surface area (Å²) >= 11 is 0. The first-order valence-corrected chi connectivity index (χ1v) is 4.98. The quantitative estimate of drug-likeness (QED) is 0.438. The number of hydrogen-bond donors (Lipinski definition) is 4. The van der Waals surface area contributed by atoms with Gasteiger partial charge in [0.2, 0.25) is 5.91 Å². The summed E-state index contributed by atoms with van der Waals surface area (Å²) in [7, 11) is 2.82. The molecule has 0 aliphatic rings. The van der Waals surface area contributed by atoms with Crippen molar-refractivity contribution in [3.8, 4) is 0 Å². The summed E-state index contributed by atoms with van der Waals surface area (Å²) in [5.41, 5.74) is 0. The van der Waals surface area contributed by atoms with Gasteiger partial charge in [-0.3, -0.25) is 4.79 Å². The van der Waals surface area contributed by atoms with Crippen LogP contribution in [-0.4, -0.2) is 56.4 Å². The topological polar surface area (TPSA) is 117 Å². The predicted octanol–water partition coefficient (Wildman–Crippen LogP) is -1.48. The molecule has 0 bridgehead atoms. The van der Waals surface area contributed by atoms with E-state index in [-0.39, 0.29) is 25.5 Å². The van der Waals surface area contributed by atoms with Crippen molar-refractivity contribution in [3.63, 3.8) is 0 Å². The first-order valence-electron chi connectivity index (χ1n) is 4.98. The van der Waals surface area contributed by atoms with Crippen LogP contribution in [0.1, 0.15) is 6.42 Å². The number of urea groups is 1. The van der Waals surface area contributed by atoms with Crippen LogP contribution in [0.3, 0.4) is 0 Å². The minimum atomic E-state index is -1.19. The van der Waals surface area contributed by atoms with Crippen molar-refractivity contribution in [2.75, 3.05) is 27.3 Å². The molecule has 17 heavy (non-hydrogen) atoms. The molecule has 98 valence electrons. The zero-order valence-electron chi connectivity index (χ0n) is 9.78. The fraction of sp³-hybridized carbons (Fsp3) is 0.667. The van der Waals surface area contributed by atoms with Crippen LogP contribution in [0.4, 0.5) is 4.79 Å². The molecule has 0 aliphatic heterocycles. The molecule has 0 saturated carbocycles. The molecule has 0 saturated heterocycles. The van der Waals surface area contributed by atoms with Crippen molar-refractivity contribution >= 4 is 17.9 Å². The lowest BCUT2D eigenvalue weighted by Gasteiger charge is -2.13. The smallest absolute Gasteiger partial charge is 0.328 e. The van der Waals surface area contributed by atoms with E-state index in [9.17, 15) is 14.4 Å². The lowest BCUT2D eigenvalue weighted by atomic mass is 10.3. The molecule has 1 unspecified atom stereocenters. The summed E-state index contributed by atoms with van der Waals surface area (Å²) < 4.78 is 4.64. The molecule has 0 fully saturated rings. The molecule has 0 aromatic rings. The Hall–Kier alpha value is -1.83. The maximum absolute atomic E-state index is 11.2. The lowest BCUT2D eigenvalue weighted by molar-refractivity contribution is -0.140. The number of amides is 3. The number of nitrogens with one attached hydrogen (secondary N) is 3. The van der Waals surface area contributed by atoms with Crippen molar-refractivity contribution in [2.24, 2.45) is 0 Å². The predicted molar refractivity (Wildman–Crippen MR) is 58.5 cm³/mol. The Morgan fingerprint density at radius 1 is 1.35 bits per heavy atom. The molecule has 3 amide bonds. The first-order chi connectivity index (χ1) is 8.01. The minimum Gasteiger partial charge on any atom is -0.480 e. The fourth-order valence-electron chi connectivity index (χ4n) is 0.965. The normalized spacial score (nSPS) is 11.4. The third kappa shape index (κ3) is 7.12. The molecular formula is C9H17N3O5. The zero-order chi connectivity index (χ0) is 13.3. The van der Waals surface area contributed by atoms with E-state index in [0.717, 1.165) is 0 Å². The van der Waals surface area contributed by atoms with Gasteiger partial charge in [0.25, 0.3) is 0 Å². The zero-order valence-corrected chi connectivity index (χ0v) is 9.78. The number of hydrogen-bond acceptors (Lipinski definition) is 4. The van der Waals surface area contributed by atoms with Gasteiger partial charge in [0.15, 0.2) is 6.04 Å². The maximum atomic E-state index is 11.2. The van der Waals surface area contributed by atoms with E-state index in [1.54, 1.807) is 0 Å². The number of carbonyl (C=O) groups excluding carboxylic acids is 2. The van der Waals surface area contributed by atoms with Crippen LogP contribution in [0.5, 0.6) is 0 Å². The van der Waals surface area contributed by atoms with Crippen molar-refractivity contribution in [1.29, 1.82) is 0 Å². The van der Waals surface area contributed by atoms with Gasteiger partial charge in [-0.1, -0.05) is 0 Å². The van der Waals surface area contributed by atoms with Crippen LogP contribution < -0.4 is 16.0 Å². The van der Waals surface area contributed by atoms with Crippen LogP contribution in [0.2, 0.25) is 0 Å². The third-order valence-corrected chi connectivity index (χ3v) is 1.85. The number of rotatable bonds is 7. The Morgan fingerprint density at radius 2 is 2.00 bits per heavy atom. The monoisotopic (exact) mass is 247 g/mol. The number of ether oxygens (including phenoxy) is 1. The second-order valence-corrected chi connectivity index (χ2v) is 3.17. The average molecular weight is 247 g/mol. The second-order valence-electron chi connectivity index (χ2n) is 3.17. The summed E-state index contributed by atoms with van der Waals surface area (Å²) in [5.74, 6) is -1.40. The molecule has 4 N–H and O–H groups in total. The van der Waals surface area contributed by atoms with E-state index in [1.807, 2.05) is 0 Å². The van der Waals surface area contributed by atoms with E-state index in [0.29, 0.717) is 0 Å². The Labute approximate surface area is 98.7 Å². The second kappa shape index (κ2) is 8.34. The lowest BCUT2D eigenvalue weighted by Crippen LogP contribution is -2.48. The summed E-state index contributed by atoms with van der Waals surface area (Å²) in [6, 6.07) is -1.77. The van der Waals surface area contributed by atoms with E-state index in [4.69, 9.17) is 5.11 Å². The average Bonchev–Trinajstić information content (AvgIpc) is 2.28. The third-order valence-electron chi connectivity index (χ3n) is 1.85. The highest BCUT2D eigenvalue weighted by molar-refractivity contribution is 5.83. The SMILES string of the molecule is CNC(=O)CCNC(=O)NC(COC)C(=O)O. The molecule has 8 nitrogen and oxygen atoms in total. The Morgan fingerprint density at radius 3 is 2.47 bits per heavy atom. The highest BCUT2D eigenvalue weighted by Crippen LogP contribution is 1.86. The van der Waals surface area contributed by atoms with Gasteiger partial charge in [0.05, 0.1) is 6.61 Å². The number of carbonyl (C=O) groups is 3. The highest BCUT2D eigenvalue weighted by atomic mass is 16.5. The molecule has 0 aromatic carbocycles. The van der Waals surface area contributed by atoms with Crippen LogP contribution >= 0.6 is 0 Å². The summed E-state index contributed by atoms with van der Waals surface area (Å²) in [4.78, 5) is 32.7. The van der Waals surface area contributed by atoms with Gasteiger partial charge in [-0.25, -0.2) is 9.59 Å².